The maximum absolute atomic E-state index is 16.1. The van der Waals surface area contributed by atoms with Crippen LogP contribution in [0.15, 0.2) is 48.1 Å². The van der Waals surface area contributed by atoms with E-state index in [0.29, 0.717) is 24.6 Å². The largest absolute Gasteiger partial charge is 0.341 e. The van der Waals surface area contributed by atoms with Crippen molar-refractivity contribution in [2.75, 3.05) is 25.0 Å². The molecule has 0 atom stereocenters. The van der Waals surface area contributed by atoms with Crippen LogP contribution in [0.25, 0.3) is 22.2 Å². The van der Waals surface area contributed by atoms with Crippen LogP contribution in [-0.4, -0.2) is 50.0 Å². The molecule has 1 N–H and O–H groups in total. The molecule has 32 heavy (non-hydrogen) atoms. The molecule has 5 rings (SSSR count). The molecule has 0 radical (unpaired) electrons. The second-order valence-corrected chi connectivity index (χ2v) is 9.66. The van der Waals surface area contributed by atoms with Gasteiger partial charge < -0.3 is 14.8 Å². The molecule has 2 aromatic heterocycles. The van der Waals surface area contributed by atoms with Gasteiger partial charge in [-0.05, 0) is 54.7 Å². The molecule has 168 valence electrons. The molecule has 1 aliphatic heterocycles. The first-order chi connectivity index (χ1) is 15.4. The molecular weight excluding hydrogens is 403 g/mol. The molecule has 1 saturated heterocycles. The maximum Gasteiger partial charge on any atom is 0.163 e. The van der Waals surface area contributed by atoms with Gasteiger partial charge in [-0.25, -0.2) is 9.37 Å². The second-order valence-electron chi connectivity index (χ2n) is 9.66. The van der Waals surface area contributed by atoms with Crippen LogP contribution in [0.4, 0.5) is 10.2 Å². The number of pyridine rings is 1. The lowest BCUT2D eigenvalue weighted by Gasteiger charge is -2.38. The third kappa shape index (κ3) is 4.26. The second kappa shape index (κ2) is 8.28. The molecule has 1 aromatic carbocycles. The number of allylic oxidation sites excluding steroid dienone is 2. The average Bonchev–Trinajstić information content (AvgIpc) is 3.52. The minimum atomic E-state index is -1.30. The Morgan fingerprint density at radius 1 is 1.16 bits per heavy atom. The minimum absolute atomic E-state index is 0.537. The highest BCUT2D eigenvalue weighted by atomic mass is 19.1. The Hall–Kier alpha value is -2.80. The van der Waals surface area contributed by atoms with Gasteiger partial charge in [0, 0.05) is 43.8 Å². The Bertz CT molecular complexity index is 1150. The molecule has 6 nitrogen and oxygen atoms in total. The van der Waals surface area contributed by atoms with Gasteiger partial charge in [-0.1, -0.05) is 26.0 Å². The smallest absolute Gasteiger partial charge is 0.163 e. The monoisotopic (exact) mass is 434 g/mol. The number of aryl methyl sites for hydroxylation is 1. The minimum Gasteiger partial charge on any atom is -0.341 e. The van der Waals surface area contributed by atoms with Gasteiger partial charge >= 0.3 is 0 Å². The third-order valence-corrected chi connectivity index (χ3v) is 6.52. The van der Waals surface area contributed by atoms with Crippen molar-refractivity contribution in [3.63, 3.8) is 0 Å². The van der Waals surface area contributed by atoms with Crippen molar-refractivity contribution in [1.82, 2.24) is 24.6 Å². The molecule has 1 saturated carbocycles. The summed E-state index contributed by atoms with van der Waals surface area (Å²) < 4.78 is 18.0. The Morgan fingerprint density at radius 2 is 1.94 bits per heavy atom. The van der Waals surface area contributed by atoms with Gasteiger partial charge in [0.15, 0.2) is 11.5 Å². The highest BCUT2D eigenvalue weighted by Crippen LogP contribution is 2.43. The number of alkyl halides is 1. The summed E-state index contributed by atoms with van der Waals surface area (Å²) >= 11 is 0. The van der Waals surface area contributed by atoms with E-state index in [1.807, 2.05) is 36.0 Å². The number of nitrogens with one attached hydrogen (secondary N) is 1. The number of likely N-dealkylation sites (tertiary alicyclic amines) is 1. The van der Waals surface area contributed by atoms with Crippen LogP contribution < -0.4 is 5.32 Å². The van der Waals surface area contributed by atoms with E-state index in [1.54, 1.807) is 6.33 Å². The zero-order valence-corrected chi connectivity index (χ0v) is 19.1. The molecule has 3 heterocycles. The third-order valence-electron chi connectivity index (χ3n) is 6.52. The quantitative estimate of drug-likeness (QED) is 0.595. The summed E-state index contributed by atoms with van der Waals surface area (Å²) in [6, 6.07) is 8.17. The predicted molar refractivity (Wildman–Crippen MR) is 126 cm³/mol. The number of hydrogen-bond donors (Lipinski definition) is 1. The van der Waals surface area contributed by atoms with Crippen LogP contribution in [0.5, 0.6) is 0 Å². The van der Waals surface area contributed by atoms with E-state index in [0.717, 1.165) is 60.3 Å². The molecule has 0 unspecified atom stereocenters. The van der Waals surface area contributed by atoms with Gasteiger partial charge in [-0.15, -0.1) is 10.2 Å². The molecule has 1 aliphatic carbocycles. The number of rotatable bonds is 6. The average molecular weight is 435 g/mol. The van der Waals surface area contributed by atoms with Crippen LogP contribution in [-0.2, 0) is 7.05 Å². The lowest BCUT2D eigenvalue weighted by atomic mass is 9.88. The summed E-state index contributed by atoms with van der Waals surface area (Å²) in [6.07, 6.45) is 6.58. The van der Waals surface area contributed by atoms with Crippen molar-refractivity contribution in [3.8, 4) is 11.4 Å². The van der Waals surface area contributed by atoms with E-state index >= 15 is 4.39 Å². The Kier molecular flexibility index (Phi) is 5.45. The zero-order chi connectivity index (χ0) is 22.3. The Balaban J connectivity index is 1.39. The number of benzene rings is 1. The Labute approximate surface area is 188 Å². The number of fused-ring (bicyclic) bond motifs is 1. The summed E-state index contributed by atoms with van der Waals surface area (Å²) in [5.41, 5.74) is 1.67. The fourth-order valence-corrected chi connectivity index (χ4v) is 4.71. The lowest BCUT2D eigenvalue weighted by Crippen LogP contribution is -2.45. The molecule has 2 aliphatic rings. The molecular formula is C25H31FN6. The van der Waals surface area contributed by atoms with Gasteiger partial charge in [0.1, 0.15) is 12.1 Å². The highest BCUT2D eigenvalue weighted by molar-refractivity contribution is 5.87. The summed E-state index contributed by atoms with van der Waals surface area (Å²) in [7, 11) is 1.93. The fraction of sp³-hybridized carbons (Fsp3) is 0.480. The Morgan fingerprint density at radius 3 is 2.59 bits per heavy atom. The number of aromatic nitrogens is 4. The first-order valence-corrected chi connectivity index (χ1v) is 11.6. The predicted octanol–water partition coefficient (Wildman–Crippen LogP) is 4.95. The van der Waals surface area contributed by atoms with Crippen molar-refractivity contribution >= 4 is 16.6 Å². The van der Waals surface area contributed by atoms with Crippen LogP contribution >= 0.6 is 0 Å². The molecule has 0 spiro atoms. The van der Waals surface area contributed by atoms with Crippen molar-refractivity contribution in [2.24, 2.45) is 13.0 Å². The SMILES string of the molecule is CC(C)CN1CCC(F)(C(Nc2cc3cc(-c4nncn4C)ccc3cn2)=C2CC2)CC1. The van der Waals surface area contributed by atoms with Crippen LogP contribution in [0.2, 0.25) is 0 Å². The standard InChI is InChI=1S/C25H31FN6/c1-17(2)15-32-10-8-25(26,9-11-32)23(18-4-5-18)29-22-13-21-12-19(6-7-20(21)14-27-22)24-30-28-16-31(24)3/h6-7,12-14,16-17H,4-5,8-11,15H2,1-3H3,(H,27,29). The van der Waals surface area contributed by atoms with Crippen molar-refractivity contribution in [3.05, 3.63) is 48.1 Å². The number of nitrogens with zero attached hydrogens (tertiary/aromatic N) is 5. The van der Waals surface area contributed by atoms with Crippen molar-refractivity contribution in [2.45, 2.75) is 45.2 Å². The van der Waals surface area contributed by atoms with Gasteiger partial charge in [0.05, 0.1) is 5.70 Å². The van der Waals surface area contributed by atoms with Gasteiger partial charge in [-0.3, -0.25) is 0 Å². The highest BCUT2D eigenvalue weighted by Gasteiger charge is 2.41. The molecule has 3 aromatic rings. The molecule has 2 fully saturated rings. The van der Waals surface area contributed by atoms with Gasteiger partial charge in [0.2, 0.25) is 0 Å². The van der Waals surface area contributed by atoms with E-state index in [9.17, 15) is 0 Å². The van der Waals surface area contributed by atoms with E-state index in [4.69, 9.17) is 0 Å². The summed E-state index contributed by atoms with van der Waals surface area (Å²) in [5.74, 6) is 2.12. The molecule has 7 heteroatoms. The van der Waals surface area contributed by atoms with Gasteiger partial charge in [-0.2, -0.15) is 0 Å². The number of halogens is 1. The summed E-state index contributed by atoms with van der Waals surface area (Å²) in [4.78, 5) is 6.98. The van der Waals surface area contributed by atoms with Crippen LogP contribution in [0.1, 0.15) is 39.5 Å². The van der Waals surface area contributed by atoms with Crippen molar-refractivity contribution < 1.29 is 4.39 Å². The maximum atomic E-state index is 16.1. The van der Waals surface area contributed by atoms with E-state index in [2.05, 4.69) is 45.3 Å². The first kappa shape index (κ1) is 21.1. The fourth-order valence-electron chi connectivity index (χ4n) is 4.71. The molecule has 0 bridgehead atoms. The number of hydrogen-bond acceptors (Lipinski definition) is 5. The summed E-state index contributed by atoms with van der Waals surface area (Å²) in [5, 5.41) is 13.7. The van der Waals surface area contributed by atoms with Crippen LogP contribution in [0.3, 0.4) is 0 Å². The normalized spacial score (nSPS) is 18.3. The van der Waals surface area contributed by atoms with Crippen molar-refractivity contribution in [1.29, 1.82) is 0 Å². The molecule has 0 amide bonds. The zero-order valence-electron chi connectivity index (χ0n) is 19.1. The summed E-state index contributed by atoms with van der Waals surface area (Å²) in [6.45, 7) is 7.09. The van der Waals surface area contributed by atoms with Crippen LogP contribution in [0, 0.1) is 5.92 Å². The number of piperidine rings is 1. The first-order valence-electron chi connectivity index (χ1n) is 11.6. The number of anilines is 1. The topological polar surface area (TPSA) is 58.9 Å². The lowest BCUT2D eigenvalue weighted by molar-refractivity contribution is 0.0818. The van der Waals surface area contributed by atoms with E-state index in [-0.39, 0.29) is 0 Å². The van der Waals surface area contributed by atoms with E-state index < -0.39 is 5.67 Å². The van der Waals surface area contributed by atoms with E-state index in [1.165, 1.54) is 5.57 Å². The van der Waals surface area contributed by atoms with Gasteiger partial charge in [0.25, 0.3) is 0 Å².